The Kier molecular flexibility index (Phi) is 9.91. The maximum atomic E-state index is 8.68. The zero-order chi connectivity index (χ0) is 24.2. The number of aryl methyl sites for hydroxylation is 1. The highest BCUT2D eigenvalue weighted by Gasteiger charge is 2.13. The van der Waals surface area contributed by atoms with Gasteiger partial charge in [-0.1, -0.05) is 85.0 Å². The number of allylic oxidation sites excluding steroid dienone is 9. The molecule has 2 rings (SSSR count). The molecule has 0 aliphatic rings. The molecule has 0 aliphatic heterocycles. The van der Waals surface area contributed by atoms with E-state index in [1.165, 1.54) is 5.57 Å². The summed E-state index contributed by atoms with van der Waals surface area (Å²) in [6.45, 7) is 14.4. The van der Waals surface area contributed by atoms with E-state index in [0.717, 1.165) is 33.8 Å². The first kappa shape index (κ1) is 25.4. The van der Waals surface area contributed by atoms with Gasteiger partial charge >= 0.3 is 0 Å². The second-order valence-electron chi connectivity index (χ2n) is 7.96. The van der Waals surface area contributed by atoms with E-state index in [1.807, 2.05) is 97.8 Å². The molecule has 2 aromatic rings. The molecular formula is C30H35N3. The van der Waals surface area contributed by atoms with Gasteiger partial charge in [0.1, 0.15) is 0 Å². The van der Waals surface area contributed by atoms with E-state index in [9.17, 15) is 0 Å². The molecule has 0 saturated heterocycles. The highest BCUT2D eigenvalue weighted by atomic mass is 15.5. The summed E-state index contributed by atoms with van der Waals surface area (Å²) >= 11 is 0. The van der Waals surface area contributed by atoms with Gasteiger partial charge in [0.15, 0.2) is 0 Å². The minimum atomic E-state index is 0.428. The fourth-order valence-electron chi connectivity index (χ4n) is 3.16. The number of nitrogens with zero attached hydrogens (tertiary/aromatic N) is 1. The molecule has 2 aromatic carbocycles. The molecule has 0 radical (unpaired) electrons. The summed E-state index contributed by atoms with van der Waals surface area (Å²) in [5.41, 5.74) is 10.7. The molecule has 0 bridgehead atoms. The number of benzene rings is 2. The van der Waals surface area contributed by atoms with E-state index >= 15 is 0 Å². The van der Waals surface area contributed by atoms with Crippen LogP contribution in [0.4, 0.5) is 5.69 Å². The Balaban J connectivity index is 2.55. The fraction of sp³-hybridized carbons (Fsp3) is 0.167. The molecule has 33 heavy (non-hydrogen) atoms. The highest BCUT2D eigenvalue weighted by molar-refractivity contribution is 6.11. The van der Waals surface area contributed by atoms with Crippen LogP contribution in [0.2, 0.25) is 0 Å². The van der Waals surface area contributed by atoms with Crippen LogP contribution in [0.1, 0.15) is 38.8 Å². The van der Waals surface area contributed by atoms with Crippen molar-refractivity contribution >= 4 is 17.1 Å². The van der Waals surface area contributed by atoms with E-state index in [2.05, 4.69) is 51.0 Å². The van der Waals surface area contributed by atoms with Crippen LogP contribution in [0.25, 0.3) is 5.70 Å². The molecule has 0 heterocycles. The van der Waals surface area contributed by atoms with Gasteiger partial charge in [0.05, 0.1) is 22.8 Å². The summed E-state index contributed by atoms with van der Waals surface area (Å²) in [5.74, 6) is 0. The van der Waals surface area contributed by atoms with Crippen molar-refractivity contribution in [2.45, 2.75) is 34.6 Å². The van der Waals surface area contributed by atoms with Crippen LogP contribution in [0.5, 0.6) is 0 Å². The van der Waals surface area contributed by atoms with Gasteiger partial charge in [0.25, 0.3) is 0 Å². The molecular weight excluding hydrogens is 402 g/mol. The van der Waals surface area contributed by atoms with Crippen LogP contribution in [0, 0.1) is 12.3 Å². The lowest BCUT2D eigenvalue weighted by Gasteiger charge is -2.29. The number of hydrogen-bond donors (Lipinski definition) is 2. The lowest BCUT2D eigenvalue weighted by atomic mass is 10.1. The fourth-order valence-corrected chi connectivity index (χ4v) is 3.16. The zero-order valence-corrected chi connectivity index (χ0v) is 20.4. The van der Waals surface area contributed by atoms with E-state index < -0.39 is 0 Å². The number of anilines is 1. The molecule has 0 saturated carbocycles. The Morgan fingerprint density at radius 2 is 1.73 bits per heavy atom. The summed E-state index contributed by atoms with van der Waals surface area (Å²) in [6.07, 6.45) is 13.7. The Bertz CT molecular complexity index is 1110. The smallest absolute Gasteiger partial charge is 0.0639 e. The van der Waals surface area contributed by atoms with Crippen LogP contribution in [0.3, 0.4) is 0 Å². The Labute approximate surface area is 199 Å². The largest absolute Gasteiger partial charge is 0.300 e. The number of rotatable bonds is 10. The normalized spacial score (nSPS) is 12.2. The Morgan fingerprint density at radius 1 is 1.00 bits per heavy atom. The van der Waals surface area contributed by atoms with Gasteiger partial charge in [-0.15, -0.1) is 0 Å². The first-order chi connectivity index (χ1) is 15.8. The van der Waals surface area contributed by atoms with Crippen LogP contribution in [0.15, 0.2) is 121 Å². The van der Waals surface area contributed by atoms with Gasteiger partial charge in [-0.05, 0) is 75.6 Å². The predicted molar refractivity (Wildman–Crippen MR) is 145 cm³/mol. The molecule has 0 unspecified atom stereocenters. The maximum absolute atomic E-state index is 8.68. The summed E-state index contributed by atoms with van der Waals surface area (Å²) in [4.78, 5) is 0. The van der Waals surface area contributed by atoms with E-state index in [1.54, 1.807) is 0 Å². The molecule has 3 nitrogen and oxygen atoms in total. The number of hydrazine groups is 1. The van der Waals surface area contributed by atoms with Crippen molar-refractivity contribution in [1.82, 2.24) is 5.43 Å². The van der Waals surface area contributed by atoms with Crippen molar-refractivity contribution in [3.05, 3.63) is 132 Å². The quantitative estimate of drug-likeness (QED) is 0.225. The second-order valence-corrected chi connectivity index (χ2v) is 7.96. The number of hydrogen-bond acceptors (Lipinski definition) is 3. The topological polar surface area (TPSA) is 39.1 Å². The minimum Gasteiger partial charge on any atom is -0.300 e. The lowest BCUT2D eigenvalue weighted by Crippen LogP contribution is -2.35. The average Bonchev–Trinajstić information content (AvgIpc) is 2.80. The average molecular weight is 438 g/mol. The SMILES string of the molecule is C=C(/C=C\C=C(C)C)N(N/C(=C\C(=N)C(/C=C\C)=C/C)c1ccccc1)c1cccc(C)c1. The molecule has 0 aromatic heterocycles. The van der Waals surface area contributed by atoms with Crippen LogP contribution < -0.4 is 10.4 Å². The third kappa shape index (κ3) is 7.97. The third-order valence-electron chi connectivity index (χ3n) is 4.84. The molecule has 0 spiro atoms. The Hall–Kier alpha value is -3.85. The zero-order valence-electron chi connectivity index (χ0n) is 20.4. The first-order valence-corrected chi connectivity index (χ1v) is 11.1. The van der Waals surface area contributed by atoms with Gasteiger partial charge in [0.2, 0.25) is 0 Å². The molecule has 0 fully saturated rings. The monoisotopic (exact) mass is 437 g/mol. The van der Waals surface area contributed by atoms with Crippen molar-refractivity contribution in [2.75, 3.05) is 5.01 Å². The first-order valence-electron chi connectivity index (χ1n) is 11.1. The Morgan fingerprint density at radius 3 is 2.33 bits per heavy atom. The highest BCUT2D eigenvalue weighted by Crippen LogP contribution is 2.22. The second kappa shape index (κ2) is 12.9. The van der Waals surface area contributed by atoms with E-state index in [0.29, 0.717) is 5.71 Å². The van der Waals surface area contributed by atoms with Gasteiger partial charge in [-0.3, -0.25) is 10.4 Å². The van der Waals surface area contributed by atoms with Crippen molar-refractivity contribution in [1.29, 1.82) is 5.41 Å². The lowest BCUT2D eigenvalue weighted by molar-refractivity contribution is 0.871. The summed E-state index contributed by atoms with van der Waals surface area (Å²) in [5, 5.41) is 10.6. The molecule has 170 valence electrons. The minimum absolute atomic E-state index is 0.428. The van der Waals surface area contributed by atoms with Gasteiger partial charge in [-0.2, -0.15) is 0 Å². The van der Waals surface area contributed by atoms with Gasteiger partial charge in [0, 0.05) is 0 Å². The molecule has 3 heteroatoms. The van der Waals surface area contributed by atoms with Crippen molar-refractivity contribution < 1.29 is 0 Å². The molecule has 0 atom stereocenters. The molecule has 2 N–H and O–H groups in total. The summed E-state index contributed by atoms with van der Waals surface area (Å²) in [7, 11) is 0. The third-order valence-corrected chi connectivity index (χ3v) is 4.84. The van der Waals surface area contributed by atoms with Crippen molar-refractivity contribution in [2.24, 2.45) is 0 Å². The van der Waals surface area contributed by atoms with E-state index in [4.69, 9.17) is 5.41 Å². The van der Waals surface area contributed by atoms with Crippen molar-refractivity contribution in [3.8, 4) is 0 Å². The van der Waals surface area contributed by atoms with Crippen LogP contribution >= 0.6 is 0 Å². The maximum Gasteiger partial charge on any atom is 0.0639 e. The van der Waals surface area contributed by atoms with Crippen LogP contribution in [-0.2, 0) is 0 Å². The summed E-state index contributed by atoms with van der Waals surface area (Å²) < 4.78 is 0. The number of nitrogens with one attached hydrogen (secondary N) is 2. The standard InChI is InChI=1S/C30H35N3/c1-7-14-26(8-2)29(31)22-30(27-18-10-9-11-19-27)32-33(25(6)17-12-15-23(3)4)28-20-13-16-24(5)21-28/h7-22,31-32H,6H2,1-5H3/b14-7-,17-12-,26-8+,30-22-,31-29?. The van der Waals surface area contributed by atoms with Crippen LogP contribution in [-0.4, -0.2) is 5.71 Å². The molecule has 0 aliphatic carbocycles. The summed E-state index contributed by atoms with van der Waals surface area (Å²) in [6, 6.07) is 18.3. The van der Waals surface area contributed by atoms with Gasteiger partial charge < -0.3 is 5.41 Å². The molecule has 0 amide bonds. The van der Waals surface area contributed by atoms with E-state index in [-0.39, 0.29) is 0 Å². The van der Waals surface area contributed by atoms with Crippen molar-refractivity contribution in [3.63, 3.8) is 0 Å². The van der Waals surface area contributed by atoms with Gasteiger partial charge in [-0.25, -0.2) is 0 Å². The predicted octanol–water partition coefficient (Wildman–Crippen LogP) is 7.93.